The Morgan fingerprint density at radius 3 is 1.71 bits per heavy atom. The summed E-state index contributed by atoms with van der Waals surface area (Å²) in [7, 11) is 1.77. The zero-order valence-electron chi connectivity index (χ0n) is 15.6. The summed E-state index contributed by atoms with van der Waals surface area (Å²) in [5, 5.41) is 9.91. The lowest BCUT2D eigenvalue weighted by Crippen LogP contribution is -2.50. The van der Waals surface area contributed by atoms with E-state index in [4.69, 9.17) is 4.74 Å². The number of amides is 1. The number of rotatable bonds is 5. The Bertz CT molecular complexity index is 359. The first-order chi connectivity index (χ1) is 8.95. The molecule has 21 heavy (non-hydrogen) atoms. The SMILES string of the molecule is CN(C(=O)OC(C)(C)CC(C)(C)O)C(C)(C)CC(C)(C)C. The van der Waals surface area contributed by atoms with Crippen molar-refractivity contribution in [2.75, 3.05) is 7.05 Å². The van der Waals surface area contributed by atoms with Crippen LogP contribution in [-0.2, 0) is 4.74 Å². The summed E-state index contributed by atoms with van der Waals surface area (Å²) in [6, 6.07) is 0. The van der Waals surface area contributed by atoms with E-state index in [1.165, 1.54) is 0 Å². The predicted octanol–water partition coefficient (Wildman–Crippen LogP) is 4.21. The van der Waals surface area contributed by atoms with Crippen LogP contribution < -0.4 is 0 Å². The summed E-state index contributed by atoms with van der Waals surface area (Å²) in [6.45, 7) is 17.7. The van der Waals surface area contributed by atoms with Crippen molar-refractivity contribution in [2.45, 2.75) is 91.9 Å². The van der Waals surface area contributed by atoms with E-state index in [9.17, 15) is 9.90 Å². The third kappa shape index (κ3) is 8.30. The van der Waals surface area contributed by atoms with E-state index in [1.54, 1.807) is 25.8 Å². The van der Waals surface area contributed by atoms with Gasteiger partial charge in [0, 0.05) is 19.0 Å². The van der Waals surface area contributed by atoms with Crippen molar-refractivity contribution >= 4 is 6.09 Å². The normalized spacial score (nSPS) is 14.0. The Hall–Kier alpha value is -0.770. The highest BCUT2D eigenvalue weighted by atomic mass is 16.6. The fourth-order valence-corrected chi connectivity index (χ4v) is 3.05. The molecule has 0 saturated carbocycles. The van der Waals surface area contributed by atoms with Crippen molar-refractivity contribution in [1.82, 2.24) is 4.90 Å². The molecule has 0 bridgehead atoms. The van der Waals surface area contributed by atoms with Crippen molar-refractivity contribution in [1.29, 1.82) is 0 Å². The van der Waals surface area contributed by atoms with E-state index >= 15 is 0 Å². The molecular formula is C17H35NO3. The van der Waals surface area contributed by atoms with Crippen molar-refractivity contribution < 1.29 is 14.6 Å². The lowest BCUT2D eigenvalue weighted by molar-refractivity contribution is -0.0517. The maximum absolute atomic E-state index is 12.4. The molecule has 1 amide bonds. The van der Waals surface area contributed by atoms with Crippen LogP contribution in [0.2, 0.25) is 0 Å². The summed E-state index contributed by atoms with van der Waals surface area (Å²) in [4.78, 5) is 14.1. The van der Waals surface area contributed by atoms with Gasteiger partial charge in [0.1, 0.15) is 5.60 Å². The third-order valence-corrected chi connectivity index (χ3v) is 3.37. The molecule has 0 spiro atoms. The zero-order valence-corrected chi connectivity index (χ0v) is 15.6. The average Bonchev–Trinajstić information content (AvgIpc) is 2.06. The summed E-state index contributed by atoms with van der Waals surface area (Å²) >= 11 is 0. The first-order valence-electron chi connectivity index (χ1n) is 7.64. The molecule has 0 aromatic carbocycles. The van der Waals surface area contributed by atoms with Crippen LogP contribution in [0.15, 0.2) is 0 Å². The largest absolute Gasteiger partial charge is 0.443 e. The number of ether oxygens (including phenoxy) is 1. The van der Waals surface area contributed by atoms with Gasteiger partial charge >= 0.3 is 6.09 Å². The molecule has 0 aromatic heterocycles. The Kier molecular flexibility index (Phi) is 5.93. The highest BCUT2D eigenvalue weighted by Crippen LogP contribution is 2.32. The van der Waals surface area contributed by atoms with Gasteiger partial charge in [-0.2, -0.15) is 0 Å². The molecule has 0 aliphatic carbocycles. The van der Waals surface area contributed by atoms with Gasteiger partial charge in [-0.3, -0.25) is 0 Å². The Balaban J connectivity index is 4.86. The molecule has 0 fully saturated rings. The molecule has 0 aliphatic rings. The molecular weight excluding hydrogens is 266 g/mol. The number of nitrogens with zero attached hydrogens (tertiary/aromatic N) is 1. The molecule has 0 heterocycles. The molecule has 1 N–H and O–H groups in total. The smallest absolute Gasteiger partial charge is 0.410 e. The summed E-state index contributed by atoms with van der Waals surface area (Å²) in [5.41, 5.74) is -1.74. The van der Waals surface area contributed by atoms with Crippen LogP contribution in [-0.4, -0.2) is 39.9 Å². The van der Waals surface area contributed by atoms with Gasteiger partial charge in [0.15, 0.2) is 0 Å². The Morgan fingerprint density at radius 1 is 0.952 bits per heavy atom. The van der Waals surface area contributed by atoms with Gasteiger partial charge in [-0.05, 0) is 53.4 Å². The molecule has 0 radical (unpaired) electrons. The standard InChI is InChI=1S/C17H35NO3/c1-14(2,3)11-15(4,5)18(10)13(19)21-17(8,9)12-16(6,7)20/h20H,11-12H2,1-10H3. The van der Waals surface area contributed by atoms with Crippen molar-refractivity contribution in [3.8, 4) is 0 Å². The maximum atomic E-state index is 12.4. The second-order valence-corrected chi connectivity index (χ2v) is 9.23. The van der Waals surface area contributed by atoms with Crippen LogP contribution in [0.3, 0.4) is 0 Å². The Labute approximate surface area is 130 Å². The first kappa shape index (κ1) is 20.2. The minimum Gasteiger partial charge on any atom is -0.443 e. The fourth-order valence-electron chi connectivity index (χ4n) is 3.05. The zero-order chi connectivity index (χ0) is 17.3. The highest BCUT2D eigenvalue weighted by Gasteiger charge is 2.36. The lowest BCUT2D eigenvalue weighted by Gasteiger charge is -2.41. The maximum Gasteiger partial charge on any atom is 0.410 e. The van der Waals surface area contributed by atoms with E-state index in [2.05, 4.69) is 20.8 Å². The second-order valence-electron chi connectivity index (χ2n) is 9.23. The van der Waals surface area contributed by atoms with Crippen LogP contribution in [0.25, 0.3) is 0 Å². The fraction of sp³-hybridized carbons (Fsp3) is 0.941. The molecule has 0 aromatic rings. The van der Waals surface area contributed by atoms with Crippen LogP contribution in [0.4, 0.5) is 4.79 Å². The Morgan fingerprint density at radius 2 is 1.38 bits per heavy atom. The van der Waals surface area contributed by atoms with Crippen molar-refractivity contribution in [3.63, 3.8) is 0 Å². The minimum atomic E-state index is -0.872. The number of aliphatic hydroxyl groups is 1. The molecule has 0 atom stereocenters. The molecule has 4 nitrogen and oxygen atoms in total. The number of carbonyl (C=O) groups excluding carboxylic acids is 1. The van der Waals surface area contributed by atoms with Crippen molar-refractivity contribution in [3.05, 3.63) is 0 Å². The van der Waals surface area contributed by atoms with E-state index in [0.717, 1.165) is 6.42 Å². The van der Waals surface area contributed by atoms with Crippen LogP contribution in [0.1, 0.15) is 75.2 Å². The molecule has 0 rings (SSSR count). The van der Waals surface area contributed by atoms with Gasteiger partial charge in [-0.25, -0.2) is 4.79 Å². The quantitative estimate of drug-likeness (QED) is 0.827. The highest BCUT2D eigenvalue weighted by molar-refractivity contribution is 5.68. The molecule has 4 heteroatoms. The molecule has 0 aliphatic heterocycles. The second kappa shape index (κ2) is 6.15. The number of carbonyl (C=O) groups is 1. The van der Waals surface area contributed by atoms with Gasteiger partial charge in [-0.1, -0.05) is 20.8 Å². The predicted molar refractivity (Wildman–Crippen MR) is 87.4 cm³/mol. The number of hydrogen-bond donors (Lipinski definition) is 1. The topological polar surface area (TPSA) is 49.8 Å². The van der Waals surface area contributed by atoms with Crippen LogP contribution >= 0.6 is 0 Å². The third-order valence-electron chi connectivity index (χ3n) is 3.37. The average molecular weight is 301 g/mol. The lowest BCUT2D eigenvalue weighted by atomic mass is 9.81. The van der Waals surface area contributed by atoms with E-state index in [0.29, 0.717) is 6.42 Å². The van der Waals surface area contributed by atoms with Gasteiger partial charge < -0.3 is 14.7 Å². The van der Waals surface area contributed by atoms with E-state index in [-0.39, 0.29) is 17.0 Å². The van der Waals surface area contributed by atoms with Crippen LogP contribution in [0, 0.1) is 5.41 Å². The first-order valence-corrected chi connectivity index (χ1v) is 7.64. The monoisotopic (exact) mass is 301 g/mol. The molecule has 0 unspecified atom stereocenters. The van der Waals surface area contributed by atoms with Gasteiger partial charge in [0.25, 0.3) is 0 Å². The number of hydrogen-bond acceptors (Lipinski definition) is 3. The molecule has 0 saturated heterocycles. The molecule has 126 valence electrons. The van der Waals surface area contributed by atoms with Crippen molar-refractivity contribution in [2.24, 2.45) is 5.41 Å². The van der Waals surface area contributed by atoms with E-state index < -0.39 is 11.2 Å². The van der Waals surface area contributed by atoms with Crippen LogP contribution in [0.5, 0.6) is 0 Å². The summed E-state index contributed by atoms with van der Waals surface area (Å²) < 4.78 is 5.60. The van der Waals surface area contributed by atoms with Gasteiger partial charge in [-0.15, -0.1) is 0 Å². The summed E-state index contributed by atoms with van der Waals surface area (Å²) in [5.74, 6) is 0. The summed E-state index contributed by atoms with van der Waals surface area (Å²) in [6.07, 6.45) is 0.912. The van der Waals surface area contributed by atoms with Gasteiger partial charge in [0.05, 0.1) is 5.60 Å². The van der Waals surface area contributed by atoms with E-state index in [1.807, 2.05) is 27.7 Å². The minimum absolute atomic E-state index is 0.126. The van der Waals surface area contributed by atoms with Gasteiger partial charge in [0.2, 0.25) is 0 Å².